The molecule has 1 aromatic carbocycles. The number of amidine groups is 1. The Morgan fingerprint density at radius 2 is 1.89 bits per heavy atom. The lowest BCUT2D eigenvalue weighted by Gasteiger charge is -2.13. The minimum absolute atomic E-state index is 0.00569. The molecule has 0 fully saturated rings. The molecule has 4 N–H and O–H groups in total. The average Bonchev–Trinajstić information content (AvgIpc) is 2.35. The molecule has 0 aliphatic carbocycles. The van der Waals surface area contributed by atoms with Gasteiger partial charge in [-0.25, -0.2) is 0 Å². The zero-order valence-corrected chi connectivity index (χ0v) is 9.82. The van der Waals surface area contributed by atoms with Crippen molar-refractivity contribution in [1.29, 1.82) is 0 Å². The molecule has 0 aromatic heterocycles. The van der Waals surface area contributed by atoms with E-state index >= 15 is 0 Å². The predicted molar refractivity (Wildman–Crippen MR) is 66.2 cm³/mol. The molecule has 1 aromatic rings. The van der Waals surface area contributed by atoms with Gasteiger partial charge in [-0.3, -0.25) is 0 Å². The number of para-hydroxylation sites is 1. The quantitative estimate of drug-likeness (QED) is 0.220. The summed E-state index contributed by atoms with van der Waals surface area (Å²) in [7, 11) is 0. The van der Waals surface area contributed by atoms with Crippen molar-refractivity contribution in [3.8, 4) is 5.75 Å². The molecule has 0 aliphatic rings. The molecule has 0 amide bonds. The lowest BCUT2D eigenvalue weighted by Crippen LogP contribution is -2.11. The number of hydrogen-bond acceptors (Lipinski definition) is 3. The molecule has 0 saturated carbocycles. The van der Waals surface area contributed by atoms with Crippen molar-refractivity contribution in [1.82, 2.24) is 0 Å². The molecular formula is C12H12F3N3O. The zero-order chi connectivity index (χ0) is 14.5. The highest BCUT2D eigenvalue weighted by molar-refractivity contribution is 5.91. The van der Waals surface area contributed by atoms with E-state index in [-0.39, 0.29) is 17.3 Å². The van der Waals surface area contributed by atoms with Gasteiger partial charge >= 0.3 is 6.18 Å². The van der Waals surface area contributed by atoms with Crippen LogP contribution in [0.15, 0.2) is 53.9 Å². The molecule has 0 bridgehead atoms. The van der Waals surface area contributed by atoms with Gasteiger partial charge in [0, 0.05) is 0 Å². The molecule has 0 atom stereocenters. The summed E-state index contributed by atoms with van der Waals surface area (Å²) in [6.45, 7) is 3.45. The Bertz CT molecular complexity index is 521. The van der Waals surface area contributed by atoms with Crippen LogP contribution in [0.3, 0.4) is 0 Å². The van der Waals surface area contributed by atoms with E-state index < -0.39 is 11.7 Å². The number of allylic oxidation sites excluding steroid dienone is 1. The van der Waals surface area contributed by atoms with Gasteiger partial charge in [-0.15, -0.1) is 0 Å². The van der Waals surface area contributed by atoms with Crippen molar-refractivity contribution in [2.24, 2.45) is 16.7 Å². The first kappa shape index (κ1) is 14.6. The van der Waals surface area contributed by atoms with Crippen molar-refractivity contribution in [2.45, 2.75) is 6.18 Å². The normalized spacial score (nSPS) is 12.7. The Morgan fingerprint density at radius 3 is 2.47 bits per heavy atom. The number of nitrogens with two attached hydrogens (primary N) is 2. The highest BCUT2D eigenvalue weighted by Crippen LogP contribution is 2.36. The molecule has 7 heteroatoms. The molecule has 1 rings (SSSR count). The summed E-state index contributed by atoms with van der Waals surface area (Å²) in [6, 6.07) is 4.81. The van der Waals surface area contributed by atoms with Crippen molar-refractivity contribution < 1.29 is 17.9 Å². The second-order valence-corrected chi connectivity index (χ2v) is 3.45. The van der Waals surface area contributed by atoms with E-state index in [1.807, 2.05) is 0 Å². The number of ether oxygens (including phenoxy) is 1. The maximum Gasteiger partial charge on any atom is 0.419 e. The summed E-state index contributed by atoms with van der Waals surface area (Å²) in [5.74, 6) is 4.51. The Morgan fingerprint density at radius 1 is 1.26 bits per heavy atom. The first-order chi connectivity index (χ1) is 8.84. The molecule has 4 nitrogen and oxygen atoms in total. The SMILES string of the molecule is C=C(/C=C\C(N)=N/N)Oc1ccccc1C(F)(F)F. The van der Waals surface area contributed by atoms with Crippen LogP contribution >= 0.6 is 0 Å². The van der Waals surface area contributed by atoms with Crippen LogP contribution in [0.1, 0.15) is 5.56 Å². The molecule has 102 valence electrons. The van der Waals surface area contributed by atoms with Gasteiger partial charge in [0.1, 0.15) is 17.3 Å². The summed E-state index contributed by atoms with van der Waals surface area (Å²) >= 11 is 0. The highest BCUT2D eigenvalue weighted by Gasteiger charge is 2.34. The second-order valence-electron chi connectivity index (χ2n) is 3.45. The lowest BCUT2D eigenvalue weighted by atomic mass is 10.2. The maximum absolute atomic E-state index is 12.7. The number of halogens is 3. The molecule has 0 heterocycles. The van der Waals surface area contributed by atoms with Crippen molar-refractivity contribution in [2.75, 3.05) is 0 Å². The molecule has 0 radical (unpaired) electrons. The van der Waals surface area contributed by atoms with Gasteiger partial charge < -0.3 is 16.3 Å². The number of hydrazone groups is 1. The fraction of sp³-hybridized carbons (Fsp3) is 0.0833. The van der Waals surface area contributed by atoms with Crippen molar-refractivity contribution in [3.05, 3.63) is 54.3 Å². The van der Waals surface area contributed by atoms with Crippen LogP contribution in [0.4, 0.5) is 13.2 Å². The summed E-state index contributed by atoms with van der Waals surface area (Å²) in [6.07, 6.45) is -1.98. The van der Waals surface area contributed by atoms with E-state index in [1.54, 1.807) is 0 Å². The van der Waals surface area contributed by atoms with E-state index in [4.69, 9.17) is 16.3 Å². The third-order valence-electron chi connectivity index (χ3n) is 2.02. The first-order valence-corrected chi connectivity index (χ1v) is 5.09. The van der Waals surface area contributed by atoms with Crippen LogP contribution < -0.4 is 16.3 Å². The van der Waals surface area contributed by atoms with E-state index in [2.05, 4.69) is 11.7 Å². The average molecular weight is 271 g/mol. The van der Waals surface area contributed by atoms with Crippen LogP contribution in [-0.2, 0) is 6.18 Å². The van der Waals surface area contributed by atoms with Gasteiger partial charge in [-0.05, 0) is 24.3 Å². The minimum atomic E-state index is -4.50. The predicted octanol–water partition coefficient (Wildman–Crippen LogP) is 2.39. The minimum Gasteiger partial charge on any atom is -0.457 e. The van der Waals surface area contributed by atoms with Crippen LogP contribution in [0.25, 0.3) is 0 Å². The largest absolute Gasteiger partial charge is 0.457 e. The Kier molecular flexibility index (Phi) is 4.57. The zero-order valence-electron chi connectivity index (χ0n) is 9.82. The second kappa shape index (κ2) is 5.94. The molecular weight excluding hydrogens is 259 g/mol. The molecule has 0 aliphatic heterocycles. The molecule has 0 spiro atoms. The monoisotopic (exact) mass is 271 g/mol. The molecule has 19 heavy (non-hydrogen) atoms. The fourth-order valence-electron chi connectivity index (χ4n) is 1.19. The third-order valence-corrected chi connectivity index (χ3v) is 2.02. The van der Waals surface area contributed by atoms with Crippen LogP contribution in [0.5, 0.6) is 5.75 Å². The summed E-state index contributed by atoms with van der Waals surface area (Å²) < 4.78 is 43.1. The maximum atomic E-state index is 12.7. The summed E-state index contributed by atoms with van der Waals surface area (Å²) in [4.78, 5) is 0. The summed E-state index contributed by atoms with van der Waals surface area (Å²) in [5, 5.41) is 3.16. The van der Waals surface area contributed by atoms with E-state index in [0.29, 0.717) is 0 Å². The van der Waals surface area contributed by atoms with E-state index in [1.165, 1.54) is 30.4 Å². The van der Waals surface area contributed by atoms with Crippen LogP contribution in [0, 0.1) is 0 Å². The lowest BCUT2D eigenvalue weighted by molar-refractivity contribution is -0.138. The van der Waals surface area contributed by atoms with Crippen molar-refractivity contribution >= 4 is 5.84 Å². The standard InChI is InChI=1S/C12H12F3N3O/c1-8(6-7-11(16)18-17)19-10-5-3-2-4-9(10)12(13,14)15/h2-7H,1,17H2,(H2,16,18)/b7-6-. The van der Waals surface area contributed by atoms with Gasteiger partial charge in [0.2, 0.25) is 0 Å². The number of nitrogens with zero attached hydrogens (tertiary/aromatic N) is 1. The summed E-state index contributed by atoms with van der Waals surface area (Å²) in [5.41, 5.74) is 4.39. The van der Waals surface area contributed by atoms with Crippen LogP contribution in [-0.4, -0.2) is 5.84 Å². The topological polar surface area (TPSA) is 73.6 Å². The van der Waals surface area contributed by atoms with Gasteiger partial charge in [0.05, 0.1) is 5.56 Å². The number of benzene rings is 1. The van der Waals surface area contributed by atoms with Gasteiger partial charge in [-0.2, -0.15) is 18.3 Å². The third kappa shape index (κ3) is 4.38. The molecule has 0 saturated heterocycles. The number of rotatable bonds is 4. The Balaban J connectivity index is 2.89. The molecule has 0 unspecified atom stereocenters. The first-order valence-electron chi connectivity index (χ1n) is 5.09. The van der Waals surface area contributed by atoms with Crippen molar-refractivity contribution in [3.63, 3.8) is 0 Å². The van der Waals surface area contributed by atoms with E-state index in [9.17, 15) is 13.2 Å². The fourth-order valence-corrected chi connectivity index (χ4v) is 1.19. The van der Waals surface area contributed by atoms with Gasteiger partial charge in [0.25, 0.3) is 0 Å². The van der Waals surface area contributed by atoms with Gasteiger partial charge in [-0.1, -0.05) is 18.7 Å². The Labute approximate surface area is 107 Å². The van der Waals surface area contributed by atoms with Gasteiger partial charge in [0.15, 0.2) is 0 Å². The van der Waals surface area contributed by atoms with E-state index in [0.717, 1.165) is 6.07 Å². The van der Waals surface area contributed by atoms with Crippen LogP contribution in [0.2, 0.25) is 0 Å². The Hall–Kier alpha value is -2.44. The number of hydrogen-bond donors (Lipinski definition) is 2. The number of alkyl halides is 3. The highest BCUT2D eigenvalue weighted by atomic mass is 19.4. The smallest absolute Gasteiger partial charge is 0.419 e.